The van der Waals surface area contributed by atoms with Crippen LogP contribution in [0, 0.1) is 5.82 Å². The lowest BCUT2D eigenvalue weighted by atomic mass is 9.87. The Morgan fingerprint density at radius 3 is 2.18 bits per heavy atom. The van der Waals surface area contributed by atoms with Gasteiger partial charge in [-0.05, 0) is 47.4 Å². The predicted octanol–water partition coefficient (Wildman–Crippen LogP) is 2.88. The standard InChI is InChI=1S/C25H30FN3O5/c1-25(2,3)18-7-5-17(6-8-18)24(33)27-14-13-23(32)34-16-22(31)29(4)15-21(30)28-20-11-9-19(26)10-12-20/h5-12H,13-16H2,1-4H3,(H,27,33)(H,28,30). The SMILES string of the molecule is CN(CC(=O)Nc1ccc(F)cc1)C(=O)COC(=O)CCNC(=O)c1ccc(C(C)(C)C)cc1. The van der Waals surface area contributed by atoms with Crippen LogP contribution in [0.3, 0.4) is 0 Å². The lowest BCUT2D eigenvalue weighted by molar-refractivity contribution is -0.151. The molecule has 0 aliphatic carbocycles. The fraction of sp³-hybridized carbons (Fsp3) is 0.360. The highest BCUT2D eigenvalue weighted by Gasteiger charge is 2.16. The molecule has 0 saturated carbocycles. The van der Waals surface area contributed by atoms with Crippen LogP contribution in [0.25, 0.3) is 0 Å². The van der Waals surface area contributed by atoms with Crippen molar-refractivity contribution in [3.63, 3.8) is 0 Å². The summed E-state index contributed by atoms with van der Waals surface area (Å²) in [5, 5.41) is 5.17. The third kappa shape index (κ3) is 8.65. The molecule has 0 aliphatic rings. The molecule has 2 rings (SSSR count). The minimum atomic E-state index is -0.652. The van der Waals surface area contributed by atoms with E-state index in [-0.39, 0.29) is 30.8 Å². The number of rotatable bonds is 9. The van der Waals surface area contributed by atoms with E-state index >= 15 is 0 Å². The van der Waals surface area contributed by atoms with Crippen LogP contribution in [-0.4, -0.2) is 55.3 Å². The minimum Gasteiger partial charge on any atom is -0.456 e. The van der Waals surface area contributed by atoms with Gasteiger partial charge in [0.2, 0.25) is 5.91 Å². The highest BCUT2D eigenvalue weighted by atomic mass is 19.1. The molecule has 0 atom stereocenters. The molecule has 0 unspecified atom stereocenters. The van der Waals surface area contributed by atoms with Crippen LogP contribution in [-0.2, 0) is 24.5 Å². The van der Waals surface area contributed by atoms with Crippen molar-refractivity contribution in [2.24, 2.45) is 0 Å². The van der Waals surface area contributed by atoms with Gasteiger partial charge in [-0.1, -0.05) is 32.9 Å². The molecule has 0 bridgehead atoms. The van der Waals surface area contributed by atoms with Crippen LogP contribution in [0.5, 0.6) is 0 Å². The van der Waals surface area contributed by atoms with Gasteiger partial charge in [-0.25, -0.2) is 4.39 Å². The predicted molar refractivity (Wildman–Crippen MR) is 126 cm³/mol. The normalized spacial score (nSPS) is 10.9. The highest BCUT2D eigenvalue weighted by molar-refractivity contribution is 5.95. The summed E-state index contributed by atoms with van der Waals surface area (Å²) in [7, 11) is 1.39. The summed E-state index contributed by atoms with van der Waals surface area (Å²) in [5.41, 5.74) is 1.97. The van der Waals surface area contributed by atoms with Crippen LogP contribution in [0.4, 0.5) is 10.1 Å². The number of anilines is 1. The number of esters is 1. The molecule has 0 heterocycles. The molecular weight excluding hydrogens is 441 g/mol. The van der Waals surface area contributed by atoms with Crippen molar-refractivity contribution < 1.29 is 28.3 Å². The largest absolute Gasteiger partial charge is 0.456 e. The van der Waals surface area contributed by atoms with E-state index < -0.39 is 30.2 Å². The van der Waals surface area contributed by atoms with Gasteiger partial charge in [0, 0.05) is 24.8 Å². The molecular formula is C25H30FN3O5. The molecule has 3 amide bonds. The van der Waals surface area contributed by atoms with Gasteiger partial charge in [-0.2, -0.15) is 0 Å². The first-order chi connectivity index (χ1) is 16.0. The molecule has 0 saturated heterocycles. The zero-order chi connectivity index (χ0) is 25.3. The van der Waals surface area contributed by atoms with E-state index in [0.29, 0.717) is 11.3 Å². The van der Waals surface area contributed by atoms with Crippen molar-refractivity contribution in [1.82, 2.24) is 10.2 Å². The quantitative estimate of drug-likeness (QED) is 0.547. The van der Waals surface area contributed by atoms with Crippen molar-refractivity contribution in [1.29, 1.82) is 0 Å². The maximum Gasteiger partial charge on any atom is 0.308 e. The molecule has 34 heavy (non-hydrogen) atoms. The Hall–Kier alpha value is -3.75. The number of nitrogens with zero attached hydrogens (tertiary/aromatic N) is 1. The van der Waals surface area contributed by atoms with Gasteiger partial charge in [0.25, 0.3) is 11.8 Å². The second-order valence-electron chi connectivity index (χ2n) is 8.80. The monoisotopic (exact) mass is 471 g/mol. The van der Waals surface area contributed by atoms with Crippen LogP contribution >= 0.6 is 0 Å². The summed E-state index contributed by atoms with van der Waals surface area (Å²) in [4.78, 5) is 49.3. The van der Waals surface area contributed by atoms with E-state index in [4.69, 9.17) is 4.74 Å². The first-order valence-electron chi connectivity index (χ1n) is 10.8. The Labute approximate surface area is 198 Å². The van der Waals surface area contributed by atoms with Gasteiger partial charge in [0.15, 0.2) is 6.61 Å². The lowest BCUT2D eigenvalue weighted by Gasteiger charge is -2.19. The Balaban J connectivity index is 1.67. The Morgan fingerprint density at radius 1 is 0.971 bits per heavy atom. The molecule has 9 heteroatoms. The van der Waals surface area contributed by atoms with Gasteiger partial charge < -0.3 is 20.3 Å². The van der Waals surface area contributed by atoms with Crippen molar-refractivity contribution in [3.05, 3.63) is 65.5 Å². The van der Waals surface area contributed by atoms with E-state index in [0.717, 1.165) is 10.5 Å². The number of hydrogen-bond donors (Lipinski definition) is 2. The van der Waals surface area contributed by atoms with Gasteiger partial charge in [-0.15, -0.1) is 0 Å². The summed E-state index contributed by atoms with van der Waals surface area (Å²) < 4.78 is 17.8. The summed E-state index contributed by atoms with van der Waals surface area (Å²) in [6.45, 7) is 5.51. The topological polar surface area (TPSA) is 105 Å². The molecule has 0 aliphatic heterocycles. The molecule has 182 valence electrons. The second kappa shape index (κ2) is 11.9. The van der Waals surface area contributed by atoms with E-state index in [9.17, 15) is 23.6 Å². The Kier molecular flexibility index (Phi) is 9.29. The van der Waals surface area contributed by atoms with Crippen LogP contribution in [0.1, 0.15) is 43.1 Å². The summed E-state index contributed by atoms with van der Waals surface area (Å²) in [6, 6.07) is 12.5. The van der Waals surface area contributed by atoms with Gasteiger partial charge in [-0.3, -0.25) is 19.2 Å². The smallest absolute Gasteiger partial charge is 0.308 e. The van der Waals surface area contributed by atoms with Crippen molar-refractivity contribution in [2.75, 3.05) is 32.1 Å². The fourth-order valence-corrected chi connectivity index (χ4v) is 2.86. The number of halogens is 1. The van der Waals surface area contributed by atoms with Crippen molar-refractivity contribution in [2.45, 2.75) is 32.6 Å². The summed E-state index contributed by atoms with van der Waals surface area (Å²) in [6.07, 6.45) is -0.103. The number of ether oxygens (including phenoxy) is 1. The number of hydrogen-bond acceptors (Lipinski definition) is 5. The van der Waals surface area contributed by atoms with E-state index in [1.807, 2.05) is 12.1 Å². The molecule has 0 fully saturated rings. The summed E-state index contributed by atoms with van der Waals surface area (Å²) >= 11 is 0. The van der Waals surface area contributed by atoms with Gasteiger partial charge in [0.05, 0.1) is 13.0 Å². The van der Waals surface area contributed by atoms with Crippen LogP contribution in [0.2, 0.25) is 0 Å². The number of nitrogens with one attached hydrogen (secondary N) is 2. The summed E-state index contributed by atoms with van der Waals surface area (Å²) in [5.74, 6) is -2.43. The minimum absolute atomic E-state index is 0.0172. The molecule has 2 aromatic rings. The Morgan fingerprint density at radius 2 is 1.59 bits per heavy atom. The van der Waals surface area contributed by atoms with Gasteiger partial charge >= 0.3 is 5.97 Å². The van der Waals surface area contributed by atoms with Gasteiger partial charge in [0.1, 0.15) is 5.82 Å². The molecule has 8 nitrogen and oxygen atoms in total. The first kappa shape index (κ1) is 26.5. The number of amides is 3. The number of carbonyl (C=O) groups is 4. The van der Waals surface area contributed by atoms with E-state index in [2.05, 4.69) is 31.4 Å². The third-order valence-electron chi connectivity index (χ3n) is 4.92. The molecule has 2 N–H and O–H groups in total. The zero-order valence-electron chi connectivity index (χ0n) is 19.8. The average molecular weight is 472 g/mol. The van der Waals surface area contributed by atoms with E-state index in [1.54, 1.807) is 12.1 Å². The third-order valence-corrected chi connectivity index (χ3v) is 4.92. The van der Waals surface area contributed by atoms with Crippen molar-refractivity contribution in [3.8, 4) is 0 Å². The van der Waals surface area contributed by atoms with Crippen molar-refractivity contribution >= 4 is 29.4 Å². The zero-order valence-corrected chi connectivity index (χ0v) is 19.8. The maximum atomic E-state index is 12.9. The molecule has 0 aromatic heterocycles. The van der Waals surface area contributed by atoms with E-state index in [1.165, 1.54) is 31.3 Å². The lowest BCUT2D eigenvalue weighted by Crippen LogP contribution is -2.37. The molecule has 0 spiro atoms. The average Bonchev–Trinajstić information content (AvgIpc) is 2.78. The number of benzene rings is 2. The first-order valence-corrected chi connectivity index (χ1v) is 10.8. The number of likely N-dealkylation sites (N-methyl/N-ethyl adjacent to an activating group) is 1. The van der Waals surface area contributed by atoms with Crippen LogP contribution in [0.15, 0.2) is 48.5 Å². The van der Waals surface area contributed by atoms with Crippen LogP contribution < -0.4 is 10.6 Å². The maximum absolute atomic E-state index is 12.9. The molecule has 2 aromatic carbocycles. The number of carbonyl (C=O) groups excluding carboxylic acids is 4. The highest BCUT2D eigenvalue weighted by Crippen LogP contribution is 2.22. The fourth-order valence-electron chi connectivity index (χ4n) is 2.86. The molecule has 0 radical (unpaired) electrons. The Bertz CT molecular complexity index is 1010. The second-order valence-corrected chi connectivity index (χ2v) is 8.80.